The summed E-state index contributed by atoms with van der Waals surface area (Å²) >= 11 is 2.67. The lowest BCUT2D eigenvalue weighted by molar-refractivity contribution is 0.102. The predicted octanol–water partition coefficient (Wildman–Crippen LogP) is 4.94. The largest absolute Gasteiger partial charge is 0.298 e. The highest BCUT2D eigenvalue weighted by atomic mass is 32.2. The molecule has 0 spiro atoms. The van der Waals surface area contributed by atoms with Gasteiger partial charge in [0, 0.05) is 16.5 Å². The van der Waals surface area contributed by atoms with Gasteiger partial charge in [0.2, 0.25) is 0 Å². The van der Waals surface area contributed by atoms with E-state index >= 15 is 0 Å². The normalized spacial score (nSPS) is 10.9. The van der Waals surface area contributed by atoms with Gasteiger partial charge < -0.3 is 0 Å². The van der Waals surface area contributed by atoms with Crippen LogP contribution in [0.2, 0.25) is 0 Å². The maximum absolute atomic E-state index is 13.6. The molecule has 0 aliphatic heterocycles. The van der Waals surface area contributed by atoms with Crippen molar-refractivity contribution in [3.05, 3.63) is 53.6 Å². The van der Waals surface area contributed by atoms with Gasteiger partial charge in [0.05, 0.1) is 4.70 Å². The summed E-state index contributed by atoms with van der Waals surface area (Å²) in [6, 6.07) is 9.20. The van der Waals surface area contributed by atoms with E-state index in [9.17, 15) is 13.6 Å². The van der Waals surface area contributed by atoms with Gasteiger partial charge in [0.25, 0.3) is 5.91 Å². The molecular weight excluding hydrogens is 338 g/mol. The molecule has 1 heterocycles. The topological polar surface area (TPSA) is 42.0 Å². The average Bonchev–Trinajstić information content (AvgIpc) is 2.90. The summed E-state index contributed by atoms with van der Waals surface area (Å²) in [5.74, 6) is -0.823. The Balaban J connectivity index is 1.85. The molecule has 0 bridgehead atoms. The van der Waals surface area contributed by atoms with Crippen LogP contribution in [-0.2, 0) is 0 Å². The van der Waals surface area contributed by atoms with E-state index in [2.05, 4.69) is 10.3 Å². The Hall–Kier alpha value is -1.99. The summed E-state index contributed by atoms with van der Waals surface area (Å²) in [5, 5.41) is 2.87. The van der Waals surface area contributed by atoms with Crippen molar-refractivity contribution in [2.45, 2.75) is 11.8 Å². The number of aromatic nitrogens is 1. The van der Waals surface area contributed by atoms with E-state index in [1.165, 1.54) is 6.07 Å². The minimum atomic E-state index is -0.738. The van der Waals surface area contributed by atoms with Crippen molar-refractivity contribution in [2.24, 2.45) is 0 Å². The van der Waals surface area contributed by atoms with E-state index in [0.717, 1.165) is 28.1 Å². The Morgan fingerprint density at radius 3 is 2.91 bits per heavy atom. The third-order valence-electron chi connectivity index (χ3n) is 3.04. The summed E-state index contributed by atoms with van der Waals surface area (Å²) in [6.45, 7) is 2.03. The van der Waals surface area contributed by atoms with Crippen molar-refractivity contribution in [1.82, 2.24) is 4.98 Å². The number of halogens is 2. The highest BCUT2D eigenvalue weighted by Crippen LogP contribution is 2.29. The van der Waals surface area contributed by atoms with Crippen LogP contribution in [0, 0.1) is 11.6 Å². The van der Waals surface area contributed by atoms with Crippen molar-refractivity contribution >= 4 is 44.4 Å². The van der Waals surface area contributed by atoms with Crippen LogP contribution in [-0.4, -0.2) is 16.6 Å². The molecule has 1 aromatic heterocycles. The minimum absolute atomic E-state index is 0.0574. The van der Waals surface area contributed by atoms with Gasteiger partial charge in [-0.05, 0) is 30.0 Å². The lowest BCUT2D eigenvalue weighted by Crippen LogP contribution is -2.11. The number of hydrogen-bond donors (Lipinski definition) is 1. The molecule has 1 N–H and O–H groups in total. The zero-order chi connectivity index (χ0) is 16.4. The Bertz CT molecular complexity index is 880. The molecule has 0 fully saturated rings. The second-order valence-electron chi connectivity index (χ2n) is 4.67. The minimum Gasteiger partial charge on any atom is -0.298 e. The molecule has 3 aromatic rings. The molecular formula is C16H12F2N2OS2. The van der Waals surface area contributed by atoms with Crippen molar-refractivity contribution < 1.29 is 13.6 Å². The van der Waals surface area contributed by atoms with Gasteiger partial charge >= 0.3 is 0 Å². The molecule has 118 valence electrons. The third-order valence-corrected chi connectivity index (χ3v) is 4.83. The Labute approximate surface area is 139 Å². The van der Waals surface area contributed by atoms with Crippen LogP contribution in [0.1, 0.15) is 17.3 Å². The summed E-state index contributed by atoms with van der Waals surface area (Å²) < 4.78 is 27.2. The molecule has 0 aliphatic carbocycles. The summed E-state index contributed by atoms with van der Waals surface area (Å²) in [6.07, 6.45) is 0. The number of nitrogens with zero attached hydrogens (tertiary/aromatic N) is 1. The van der Waals surface area contributed by atoms with Crippen molar-refractivity contribution in [1.29, 1.82) is 0 Å². The van der Waals surface area contributed by atoms with E-state index < -0.39 is 11.6 Å². The summed E-state index contributed by atoms with van der Waals surface area (Å²) in [7, 11) is 0. The number of fused-ring (bicyclic) bond motifs is 1. The second-order valence-corrected chi connectivity index (χ2v) is 7.04. The van der Waals surface area contributed by atoms with Gasteiger partial charge in [0.1, 0.15) is 11.3 Å². The van der Waals surface area contributed by atoms with Gasteiger partial charge in [-0.1, -0.05) is 24.3 Å². The fraction of sp³-hybridized carbons (Fsp3) is 0.125. The Morgan fingerprint density at radius 2 is 2.13 bits per heavy atom. The molecule has 23 heavy (non-hydrogen) atoms. The fourth-order valence-electron chi connectivity index (χ4n) is 2.07. The van der Waals surface area contributed by atoms with Crippen LogP contribution in [0.3, 0.4) is 0 Å². The summed E-state index contributed by atoms with van der Waals surface area (Å²) in [4.78, 5) is 17.3. The number of thioether (sulfide) groups is 1. The lowest BCUT2D eigenvalue weighted by Gasteiger charge is -2.04. The van der Waals surface area contributed by atoms with Crippen LogP contribution in [0.15, 0.2) is 41.3 Å². The highest BCUT2D eigenvalue weighted by Gasteiger charge is 2.13. The number of nitrogens with one attached hydrogen (secondary N) is 1. The molecule has 0 atom stereocenters. The quantitative estimate of drug-likeness (QED) is 0.678. The molecule has 0 aliphatic rings. The molecule has 2 aromatic carbocycles. The fourth-order valence-corrected chi connectivity index (χ4v) is 3.69. The molecule has 0 radical (unpaired) electrons. The third kappa shape index (κ3) is 3.51. The van der Waals surface area contributed by atoms with Gasteiger partial charge in [-0.25, -0.2) is 13.8 Å². The van der Waals surface area contributed by atoms with Crippen molar-refractivity contribution in [3.63, 3.8) is 0 Å². The first-order chi connectivity index (χ1) is 11.1. The number of hydrogen-bond acceptors (Lipinski definition) is 4. The maximum atomic E-state index is 13.6. The van der Waals surface area contributed by atoms with Crippen LogP contribution < -0.4 is 5.32 Å². The van der Waals surface area contributed by atoms with E-state index in [1.54, 1.807) is 30.0 Å². The Kier molecular flexibility index (Phi) is 4.58. The molecule has 0 saturated carbocycles. The lowest BCUT2D eigenvalue weighted by atomic mass is 10.2. The Morgan fingerprint density at radius 1 is 1.30 bits per heavy atom. The first kappa shape index (κ1) is 15.9. The van der Waals surface area contributed by atoms with E-state index in [-0.39, 0.29) is 16.6 Å². The number of anilines is 1. The van der Waals surface area contributed by atoms with Gasteiger partial charge in [-0.15, -0.1) is 11.8 Å². The van der Waals surface area contributed by atoms with Gasteiger partial charge in [0.15, 0.2) is 10.9 Å². The van der Waals surface area contributed by atoms with E-state index in [1.807, 2.05) is 13.0 Å². The molecule has 1 amide bonds. The molecule has 0 saturated heterocycles. The smallest absolute Gasteiger partial charge is 0.257 e. The number of thiazole rings is 1. The molecule has 3 nitrogen and oxygen atoms in total. The van der Waals surface area contributed by atoms with E-state index in [0.29, 0.717) is 10.3 Å². The SMILES string of the molecule is CCSc1cccc(C(=O)Nc2nc3c(F)cc(F)cc3s2)c1. The average molecular weight is 350 g/mol. The zero-order valence-electron chi connectivity index (χ0n) is 12.1. The number of amides is 1. The second kappa shape index (κ2) is 6.64. The predicted molar refractivity (Wildman–Crippen MR) is 90.3 cm³/mol. The zero-order valence-corrected chi connectivity index (χ0v) is 13.7. The van der Waals surface area contributed by atoms with Crippen molar-refractivity contribution in [2.75, 3.05) is 11.1 Å². The summed E-state index contributed by atoms with van der Waals surface area (Å²) in [5.41, 5.74) is 0.552. The monoisotopic (exact) mass is 350 g/mol. The number of benzene rings is 2. The number of rotatable bonds is 4. The maximum Gasteiger partial charge on any atom is 0.257 e. The molecule has 0 unspecified atom stereocenters. The first-order valence-corrected chi connectivity index (χ1v) is 8.67. The van der Waals surface area contributed by atoms with Gasteiger partial charge in [-0.2, -0.15) is 0 Å². The van der Waals surface area contributed by atoms with Gasteiger partial charge in [-0.3, -0.25) is 10.1 Å². The van der Waals surface area contributed by atoms with Crippen LogP contribution >= 0.6 is 23.1 Å². The van der Waals surface area contributed by atoms with Crippen LogP contribution in [0.4, 0.5) is 13.9 Å². The number of carbonyl (C=O) groups excluding carboxylic acids is 1. The van der Waals surface area contributed by atoms with Crippen LogP contribution in [0.25, 0.3) is 10.2 Å². The molecule has 3 rings (SSSR count). The number of carbonyl (C=O) groups is 1. The standard InChI is InChI=1S/C16H12F2N2OS2/c1-2-22-11-5-3-4-9(6-11)15(21)20-16-19-14-12(18)7-10(17)8-13(14)23-16/h3-8H,2H2,1H3,(H,19,20,21). The highest BCUT2D eigenvalue weighted by molar-refractivity contribution is 7.99. The van der Waals surface area contributed by atoms with Crippen molar-refractivity contribution in [3.8, 4) is 0 Å². The van der Waals surface area contributed by atoms with E-state index in [4.69, 9.17) is 0 Å². The first-order valence-electron chi connectivity index (χ1n) is 6.86. The molecule has 7 heteroatoms. The van der Waals surface area contributed by atoms with Crippen LogP contribution in [0.5, 0.6) is 0 Å².